The predicted octanol–water partition coefficient (Wildman–Crippen LogP) is 2.67. The first-order valence-corrected chi connectivity index (χ1v) is 8.36. The number of nitrogens with zero attached hydrogens (tertiary/aromatic N) is 2. The summed E-state index contributed by atoms with van der Waals surface area (Å²) >= 11 is 0. The molecule has 2 aromatic rings. The van der Waals surface area contributed by atoms with Crippen LogP contribution < -0.4 is 5.32 Å². The summed E-state index contributed by atoms with van der Waals surface area (Å²) in [5.74, 6) is 0.585. The van der Waals surface area contributed by atoms with Gasteiger partial charge in [0.05, 0.1) is 12.6 Å². The Labute approximate surface area is 138 Å². The number of rotatable bonds is 5. The van der Waals surface area contributed by atoms with Crippen molar-refractivity contribution >= 4 is 5.91 Å². The normalized spacial score (nSPS) is 18.0. The molecule has 1 aromatic carbocycles. The highest BCUT2D eigenvalue weighted by Gasteiger charge is 2.29. The van der Waals surface area contributed by atoms with Crippen molar-refractivity contribution in [2.75, 3.05) is 19.6 Å². The number of fused-ring (bicyclic) bond motifs is 1. The third-order valence-corrected chi connectivity index (χ3v) is 4.31. The zero-order chi connectivity index (χ0) is 16.2. The molecule has 0 radical (unpaired) electrons. The van der Waals surface area contributed by atoms with Gasteiger partial charge in [0.2, 0.25) is 5.91 Å². The van der Waals surface area contributed by atoms with Crippen molar-refractivity contribution in [3.05, 3.63) is 59.9 Å². The standard InChI is InChI=1S/C19H25N3O/c1-15(2)13-20-18(23)14-22-12-11-21-10-6-9-17(21)19(22)16-7-4-3-5-8-16/h3-10,15,19H,11-14H2,1-2H3,(H,20,23). The van der Waals surface area contributed by atoms with Crippen molar-refractivity contribution in [2.45, 2.75) is 26.4 Å². The lowest BCUT2D eigenvalue weighted by Crippen LogP contribution is -2.44. The molecule has 4 nitrogen and oxygen atoms in total. The number of carbonyl (C=O) groups excluding carboxylic acids is 1. The van der Waals surface area contributed by atoms with Gasteiger partial charge in [-0.15, -0.1) is 0 Å². The van der Waals surface area contributed by atoms with Crippen LogP contribution in [-0.2, 0) is 11.3 Å². The first kappa shape index (κ1) is 15.8. The van der Waals surface area contributed by atoms with Gasteiger partial charge in [-0.3, -0.25) is 9.69 Å². The van der Waals surface area contributed by atoms with E-state index in [9.17, 15) is 4.79 Å². The highest BCUT2D eigenvalue weighted by molar-refractivity contribution is 5.78. The molecule has 23 heavy (non-hydrogen) atoms. The van der Waals surface area contributed by atoms with Crippen molar-refractivity contribution in [3.8, 4) is 0 Å². The molecule has 0 saturated carbocycles. The lowest BCUT2D eigenvalue weighted by molar-refractivity contribution is -0.123. The molecular weight excluding hydrogens is 286 g/mol. The average molecular weight is 311 g/mol. The lowest BCUT2D eigenvalue weighted by atomic mass is 10.00. The number of nitrogens with one attached hydrogen (secondary N) is 1. The fraction of sp³-hybridized carbons (Fsp3) is 0.421. The summed E-state index contributed by atoms with van der Waals surface area (Å²) in [6.07, 6.45) is 2.13. The number of amides is 1. The molecule has 3 rings (SSSR count). The van der Waals surface area contributed by atoms with E-state index in [1.807, 2.05) is 6.07 Å². The molecule has 122 valence electrons. The van der Waals surface area contributed by atoms with E-state index >= 15 is 0 Å². The van der Waals surface area contributed by atoms with Crippen LogP contribution in [0.2, 0.25) is 0 Å². The summed E-state index contributed by atoms with van der Waals surface area (Å²) in [5.41, 5.74) is 2.50. The van der Waals surface area contributed by atoms with Crippen LogP contribution in [0.1, 0.15) is 31.1 Å². The number of benzene rings is 1. The smallest absolute Gasteiger partial charge is 0.234 e. The summed E-state index contributed by atoms with van der Waals surface area (Å²) < 4.78 is 2.29. The summed E-state index contributed by atoms with van der Waals surface area (Å²) in [4.78, 5) is 14.6. The summed E-state index contributed by atoms with van der Waals surface area (Å²) in [5, 5.41) is 3.03. The Morgan fingerprint density at radius 2 is 1.96 bits per heavy atom. The van der Waals surface area contributed by atoms with Crippen LogP contribution in [0.25, 0.3) is 0 Å². The van der Waals surface area contributed by atoms with Crippen LogP contribution in [0.5, 0.6) is 0 Å². The van der Waals surface area contributed by atoms with E-state index in [1.165, 1.54) is 11.3 Å². The molecule has 1 atom stereocenters. The van der Waals surface area contributed by atoms with Crippen LogP contribution in [0.3, 0.4) is 0 Å². The maximum absolute atomic E-state index is 12.3. The second kappa shape index (κ2) is 7.01. The van der Waals surface area contributed by atoms with Crippen LogP contribution >= 0.6 is 0 Å². The molecule has 1 unspecified atom stereocenters. The highest BCUT2D eigenvalue weighted by Crippen LogP contribution is 2.31. The molecule has 0 saturated heterocycles. The maximum Gasteiger partial charge on any atom is 0.234 e. The molecule has 0 fully saturated rings. The Balaban J connectivity index is 1.80. The topological polar surface area (TPSA) is 37.3 Å². The molecule has 4 heteroatoms. The second-order valence-corrected chi connectivity index (χ2v) is 6.61. The molecular formula is C19H25N3O. The van der Waals surface area contributed by atoms with E-state index in [0.717, 1.165) is 19.6 Å². The fourth-order valence-electron chi connectivity index (χ4n) is 3.18. The lowest BCUT2D eigenvalue weighted by Gasteiger charge is -2.36. The number of carbonyl (C=O) groups is 1. The minimum atomic E-state index is 0.111. The number of aromatic nitrogens is 1. The van der Waals surface area contributed by atoms with E-state index in [-0.39, 0.29) is 11.9 Å². The molecule has 0 spiro atoms. The van der Waals surface area contributed by atoms with Gasteiger partial charge in [-0.05, 0) is 23.6 Å². The van der Waals surface area contributed by atoms with Crippen LogP contribution in [0.4, 0.5) is 0 Å². The summed E-state index contributed by atoms with van der Waals surface area (Å²) in [6, 6.07) is 14.8. The summed E-state index contributed by atoms with van der Waals surface area (Å²) in [7, 11) is 0. The third kappa shape index (κ3) is 3.64. The van der Waals surface area contributed by atoms with Crippen molar-refractivity contribution in [1.29, 1.82) is 0 Å². The van der Waals surface area contributed by atoms with Crippen molar-refractivity contribution < 1.29 is 4.79 Å². The van der Waals surface area contributed by atoms with Gasteiger partial charge in [0.25, 0.3) is 0 Å². The van der Waals surface area contributed by atoms with Crippen LogP contribution in [0, 0.1) is 5.92 Å². The van der Waals surface area contributed by atoms with E-state index < -0.39 is 0 Å². The Morgan fingerprint density at radius 1 is 1.17 bits per heavy atom. The highest BCUT2D eigenvalue weighted by atomic mass is 16.2. The molecule has 1 amide bonds. The van der Waals surface area contributed by atoms with Gasteiger partial charge in [-0.25, -0.2) is 0 Å². The Bertz CT molecular complexity index is 648. The zero-order valence-electron chi connectivity index (χ0n) is 13.9. The zero-order valence-corrected chi connectivity index (χ0v) is 13.9. The fourth-order valence-corrected chi connectivity index (χ4v) is 3.18. The van der Waals surface area contributed by atoms with Gasteiger partial charge in [0, 0.05) is 31.5 Å². The first-order valence-electron chi connectivity index (χ1n) is 8.36. The van der Waals surface area contributed by atoms with Crippen LogP contribution in [0.15, 0.2) is 48.7 Å². The Kier molecular flexibility index (Phi) is 4.82. The van der Waals surface area contributed by atoms with Gasteiger partial charge >= 0.3 is 0 Å². The van der Waals surface area contributed by atoms with Gasteiger partial charge in [0.1, 0.15) is 0 Å². The van der Waals surface area contributed by atoms with E-state index in [1.54, 1.807) is 0 Å². The van der Waals surface area contributed by atoms with E-state index in [0.29, 0.717) is 12.5 Å². The number of hydrogen-bond donors (Lipinski definition) is 1. The second-order valence-electron chi connectivity index (χ2n) is 6.61. The maximum atomic E-state index is 12.3. The first-order chi connectivity index (χ1) is 11.1. The molecule has 1 aromatic heterocycles. The van der Waals surface area contributed by atoms with Gasteiger partial charge in [-0.2, -0.15) is 0 Å². The molecule has 1 N–H and O–H groups in total. The SMILES string of the molecule is CC(C)CNC(=O)CN1CCn2cccc2C1c1ccccc1. The molecule has 1 aliphatic heterocycles. The largest absolute Gasteiger partial charge is 0.355 e. The Morgan fingerprint density at radius 3 is 2.70 bits per heavy atom. The van der Waals surface area contributed by atoms with E-state index in [4.69, 9.17) is 0 Å². The molecule has 1 aliphatic rings. The Hall–Kier alpha value is -2.07. The minimum absolute atomic E-state index is 0.111. The van der Waals surface area contributed by atoms with Crippen LogP contribution in [-0.4, -0.2) is 35.0 Å². The summed E-state index contributed by atoms with van der Waals surface area (Å²) in [6.45, 7) is 7.22. The van der Waals surface area contributed by atoms with Gasteiger partial charge in [0.15, 0.2) is 0 Å². The van der Waals surface area contributed by atoms with Gasteiger partial charge in [-0.1, -0.05) is 44.2 Å². The van der Waals surface area contributed by atoms with Crippen molar-refractivity contribution in [1.82, 2.24) is 14.8 Å². The predicted molar refractivity (Wildman–Crippen MR) is 92.1 cm³/mol. The molecule has 0 bridgehead atoms. The minimum Gasteiger partial charge on any atom is -0.355 e. The van der Waals surface area contributed by atoms with Gasteiger partial charge < -0.3 is 9.88 Å². The average Bonchev–Trinajstić information content (AvgIpc) is 3.02. The third-order valence-electron chi connectivity index (χ3n) is 4.31. The monoisotopic (exact) mass is 311 g/mol. The van der Waals surface area contributed by atoms with E-state index in [2.05, 4.69) is 71.2 Å². The molecule has 2 heterocycles. The van der Waals surface area contributed by atoms with Crippen molar-refractivity contribution in [2.24, 2.45) is 5.92 Å². The quantitative estimate of drug-likeness (QED) is 0.922. The van der Waals surface area contributed by atoms with Crippen molar-refractivity contribution in [3.63, 3.8) is 0 Å². The molecule has 0 aliphatic carbocycles. The number of hydrogen-bond acceptors (Lipinski definition) is 2.